The van der Waals surface area contributed by atoms with E-state index >= 15 is 0 Å². The fourth-order valence-corrected chi connectivity index (χ4v) is 4.44. The van der Waals surface area contributed by atoms with Crippen LogP contribution in [0.5, 0.6) is 0 Å². The van der Waals surface area contributed by atoms with Gasteiger partial charge in [0.25, 0.3) is 0 Å². The van der Waals surface area contributed by atoms with Gasteiger partial charge in [-0.2, -0.15) is 0 Å². The summed E-state index contributed by atoms with van der Waals surface area (Å²) in [6.45, 7) is 8.61. The van der Waals surface area contributed by atoms with Crippen LogP contribution in [-0.2, 0) is 9.84 Å². The molecule has 0 bridgehead atoms. The Kier molecular flexibility index (Phi) is 4.18. The van der Waals surface area contributed by atoms with Crippen LogP contribution in [0.15, 0.2) is 0 Å². The van der Waals surface area contributed by atoms with Gasteiger partial charge in [0, 0.05) is 6.04 Å². The molecule has 0 aliphatic heterocycles. The number of nitrogens with one attached hydrogen (secondary N) is 1. The van der Waals surface area contributed by atoms with Gasteiger partial charge in [-0.15, -0.1) is 0 Å². The number of sulfone groups is 1. The summed E-state index contributed by atoms with van der Waals surface area (Å²) in [4.78, 5) is 0. The smallest absolute Gasteiger partial charge is 0.155 e. The standard InChI is InChI=1S/C11H23NO2S/c1-5-12-10-6-7-11(9(10)4)15(13,14)8(2)3/h8-12H,5-7H2,1-4H3. The third-order valence-electron chi connectivity index (χ3n) is 3.53. The topological polar surface area (TPSA) is 46.2 Å². The summed E-state index contributed by atoms with van der Waals surface area (Å²) in [6.07, 6.45) is 1.81. The minimum absolute atomic E-state index is 0.137. The lowest BCUT2D eigenvalue weighted by molar-refractivity contribution is 0.432. The van der Waals surface area contributed by atoms with E-state index in [0.29, 0.717) is 6.04 Å². The molecule has 0 aromatic carbocycles. The predicted molar refractivity (Wildman–Crippen MR) is 63.7 cm³/mol. The Bertz CT molecular complexity index is 298. The zero-order valence-electron chi connectivity index (χ0n) is 10.2. The Morgan fingerprint density at radius 2 is 1.93 bits per heavy atom. The molecule has 0 spiro atoms. The van der Waals surface area contributed by atoms with Gasteiger partial charge in [0.15, 0.2) is 9.84 Å². The largest absolute Gasteiger partial charge is 0.314 e. The van der Waals surface area contributed by atoms with Crippen LogP contribution < -0.4 is 5.32 Å². The molecule has 0 aromatic heterocycles. The zero-order chi connectivity index (χ0) is 11.6. The Balaban J connectivity index is 2.76. The van der Waals surface area contributed by atoms with Crippen LogP contribution in [0.25, 0.3) is 0 Å². The van der Waals surface area contributed by atoms with Gasteiger partial charge in [-0.3, -0.25) is 0 Å². The molecule has 3 unspecified atom stereocenters. The number of rotatable bonds is 4. The van der Waals surface area contributed by atoms with E-state index in [9.17, 15) is 8.42 Å². The SMILES string of the molecule is CCNC1CCC(S(=O)(=O)C(C)C)C1C. The summed E-state index contributed by atoms with van der Waals surface area (Å²) in [5, 5.41) is 2.99. The molecule has 3 nitrogen and oxygen atoms in total. The Morgan fingerprint density at radius 3 is 2.40 bits per heavy atom. The van der Waals surface area contributed by atoms with E-state index in [1.165, 1.54) is 0 Å². The molecular weight excluding hydrogens is 210 g/mol. The van der Waals surface area contributed by atoms with Crippen molar-refractivity contribution in [1.29, 1.82) is 0 Å². The van der Waals surface area contributed by atoms with Crippen molar-refractivity contribution in [2.24, 2.45) is 5.92 Å². The fraction of sp³-hybridized carbons (Fsp3) is 1.00. The van der Waals surface area contributed by atoms with E-state index in [-0.39, 0.29) is 16.4 Å². The van der Waals surface area contributed by atoms with E-state index in [4.69, 9.17) is 0 Å². The lowest BCUT2D eigenvalue weighted by atomic mass is 10.1. The van der Waals surface area contributed by atoms with Crippen molar-refractivity contribution in [3.8, 4) is 0 Å². The van der Waals surface area contributed by atoms with Crippen LogP contribution in [0.2, 0.25) is 0 Å². The van der Waals surface area contributed by atoms with E-state index in [1.54, 1.807) is 13.8 Å². The van der Waals surface area contributed by atoms with Gasteiger partial charge in [0.1, 0.15) is 0 Å². The van der Waals surface area contributed by atoms with E-state index in [1.807, 2.05) is 0 Å². The fourth-order valence-electron chi connectivity index (χ4n) is 2.49. The first-order chi connectivity index (χ1) is 6.91. The molecular formula is C11H23NO2S. The molecule has 1 rings (SSSR count). The first-order valence-electron chi connectivity index (χ1n) is 5.87. The third kappa shape index (κ3) is 2.53. The van der Waals surface area contributed by atoms with Gasteiger partial charge < -0.3 is 5.32 Å². The highest BCUT2D eigenvalue weighted by atomic mass is 32.2. The van der Waals surface area contributed by atoms with Crippen LogP contribution >= 0.6 is 0 Å². The molecule has 1 N–H and O–H groups in total. The van der Waals surface area contributed by atoms with Crippen molar-refractivity contribution in [2.45, 2.75) is 57.1 Å². The monoisotopic (exact) mass is 233 g/mol. The van der Waals surface area contributed by atoms with Gasteiger partial charge in [-0.1, -0.05) is 13.8 Å². The van der Waals surface area contributed by atoms with Gasteiger partial charge >= 0.3 is 0 Å². The molecule has 0 aromatic rings. The quantitative estimate of drug-likeness (QED) is 0.802. The van der Waals surface area contributed by atoms with Crippen molar-refractivity contribution in [3.05, 3.63) is 0 Å². The number of hydrogen-bond donors (Lipinski definition) is 1. The predicted octanol–water partition coefficient (Wildman–Crippen LogP) is 1.59. The summed E-state index contributed by atoms with van der Waals surface area (Å²) in [6, 6.07) is 0.383. The molecule has 1 aliphatic rings. The van der Waals surface area contributed by atoms with Crippen LogP contribution in [0.1, 0.15) is 40.5 Å². The molecule has 3 atom stereocenters. The average molecular weight is 233 g/mol. The maximum absolute atomic E-state index is 12.1. The van der Waals surface area contributed by atoms with Gasteiger partial charge in [-0.05, 0) is 39.2 Å². The maximum Gasteiger partial charge on any atom is 0.155 e. The Morgan fingerprint density at radius 1 is 1.33 bits per heavy atom. The molecule has 15 heavy (non-hydrogen) atoms. The van der Waals surface area contributed by atoms with Crippen molar-refractivity contribution in [2.75, 3.05) is 6.54 Å². The van der Waals surface area contributed by atoms with E-state index < -0.39 is 9.84 Å². The number of hydrogen-bond acceptors (Lipinski definition) is 3. The van der Waals surface area contributed by atoms with Gasteiger partial charge in [0.2, 0.25) is 0 Å². The summed E-state index contributed by atoms with van der Waals surface area (Å²) in [5.41, 5.74) is 0. The molecule has 0 radical (unpaired) electrons. The minimum Gasteiger partial charge on any atom is -0.314 e. The van der Waals surface area contributed by atoms with Crippen molar-refractivity contribution < 1.29 is 8.42 Å². The molecule has 1 aliphatic carbocycles. The van der Waals surface area contributed by atoms with Gasteiger partial charge in [-0.25, -0.2) is 8.42 Å². The van der Waals surface area contributed by atoms with Crippen LogP contribution in [0.3, 0.4) is 0 Å². The second kappa shape index (κ2) is 4.83. The highest BCUT2D eigenvalue weighted by Gasteiger charge is 2.41. The van der Waals surface area contributed by atoms with E-state index in [2.05, 4.69) is 19.2 Å². The molecule has 90 valence electrons. The van der Waals surface area contributed by atoms with Gasteiger partial charge in [0.05, 0.1) is 10.5 Å². The first-order valence-corrected chi connectivity index (χ1v) is 7.48. The van der Waals surface area contributed by atoms with Crippen LogP contribution in [0.4, 0.5) is 0 Å². The summed E-state index contributed by atoms with van der Waals surface area (Å²) in [5.74, 6) is 0.248. The molecule has 1 saturated carbocycles. The Labute approximate surface area is 93.6 Å². The summed E-state index contributed by atoms with van der Waals surface area (Å²) >= 11 is 0. The molecule has 0 amide bonds. The van der Waals surface area contributed by atoms with Crippen molar-refractivity contribution in [1.82, 2.24) is 5.32 Å². The summed E-state index contributed by atoms with van der Waals surface area (Å²) < 4.78 is 24.1. The zero-order valence-corrected chi connectivity index (χ0v) is 11.0. The minimum atomic E-state index is -2.92. The highest BCUT2D eigenvalue weighted by Crippen LogP contribution is 2.33. The second-order valence-electron chi connectivity index (χ2n) is 4.78. The second-order valence-corrected chi connectivity index (χ2v) is 7.50. The van der Waals surface area contributed by atoms with Crippen LogP contribution in [0, 0.1) is 5.92 Å². The molecule has 0 heterocycles. The average Bonchev–Trinajstić information content (AvgIpc) is 2.49. The first kappa shape index (κ1) is 13.0. The van der Waals surface area contributed by atoms with E-state index in [0.717, 1.165) is 19.4 Å². The maximum atomic E-state index is 12.1. The highest BCUT2D eigenvalue weighted by molar-refractivity contribution is 7.92. The lowest BCUT2D eigenvalue weighted by Gasteiger charge is -2.22. The molecule has 0 saturated heterocycles. The molecule has 1 fully saturated rings. The normalized spacial score (nSPS) is 32.5. The molecule has 4 heteroatoms. The van der Waals surface area contributed by atoms with Crippen LogP contribution in [-0.4, -0.2) is 31.5 Å². The third-order valence-corrected chi connectivity index (χ3v) is 6.35. The van der Waals surface area contributed by atoms with Crippen molar-refractivity contribution in [3.63, 3.8) is 0 Å². The van der Waals surface area contributed by atoms with Crippen molar-refractivity contribution >= 4 is 9.84 Å². The Hall–Kier alpha value is -0.0900. The lowest BCUT2D eigenvalue weighted by Crippen LogP contribution is -2.38. The summed E-state index contributed by atoms with van der Waals surface area (Å²) in [7, 11) is -2.92.